The summed E-state index contributed by atoms with van der Waals surface area (Å²) in [7, 11) is 0. The molecular formula is C10H20OS. The van der Waals surface area contributed by atoms with Gasteiger partial charge in [0.15, 0.2) is 0 Å². The number of ketones is 1. The number of rotatable bonds is 6. The molecule has 0 fully saturated rings. The number of hydrogen-bond acceptors (Lipinski definition) is 2. The highest BCUT2D eigenvalue weighted by molar-refractivity contribution is 7.80. The summed E-state index contributed by atoms with van der Waals surface area (Å²) in [6, 6.07) is 0. The van der Waals surface area contributed by atoms with Gasteiger partial charge in [-0.3, -0.25) is 4.79 Å². The second kappa shape index (κ2) is 5.63. The topological polar surface area (TPSA) is 17.1 Å². The van der Waals surface area contributed by atoms with Gasteiger partial charge in [0.2, 0.25) is 0 Å². The minimum Gasteiger partial charge on any atom is -0.299 e. The maximum Gasteiger partial charge on any atom is 0.139 e. The van der Waals surface area contributed by atoms with E-state index in [0.717, 1.165) is 19.3 Å². The van der Waals surface area contributed by atoms with Crippen LogP contribution in [0, 0.1) is 5.41 Å². The molecular weight excluding hydrogens is 168 g/mol. The van der Waals surface area contributed by atoms with Crippen LogP contribution in [0.2, 0.25) is 0 Å². The van der Waals surface area contributed by atoms with Gasteiger partial charge in [-0.15, -0.1) is 0 Å². The first-order chi connectivity index (χ1) is 5.54. The molecule has 1 nitrogen and oxygen atoms in total. The predicted octanol–water partition coefficient (Wildman–Crippen LogP) is 3.09. The van der Waals surface area contributed by atoms with Gasteiger partial charge in [-0.25, -0.2) is 0 Å². The van der Waals surface area contributed by atoms with Gasteiger partial charge >= 0.3 is 0 Å². The molecule has 0 rings (SSSR count). The minimum atomic E-state index is -0.126. The molecule has 0 aliphatic rings. The number of carbonyl (C=O) groups is 1. The summed E-state index contributed by atoms with van der Waals surface area (Å²) < 4.78 is 0. The lowest BCUT2D eigenvalue weighted by molar-refractivity contribution is -0.127. The first-order valence-electron chi connectivity index (χ1n) is 4.68. The smallest absolute Gasteiger partial charge is 0.139 e. The zero-order valence-corrected chi connectivity index (χ0v) is 9.29. The van der Waals surface area contributed by atoms with Crippen molar-refractivity contribution in [2.45, 2.75) is 46.5 Å². The van der Waals surface area contributed by atoms with E-state index in [1.54, 1.807) is 0 Å². The summed E-state index contributed by atoms with van der Waals surface area (Å²) >= 11 is 4.06. The van der Waals surface area contributed by atoms with Crippen molar-refractivity contribution in [1.82, 2.24) is 0 Å². The molecule has 72 valence electrons. The molecule has 0 atom stereocenters. The van der Waals surface area contributed by atoms with E-state index in [2.05, 4.69) is 19.6 Å². The van der Waals surface area contributed by atoms with Crippen molar-refractivity contribution in [3.8, 4) is 0 Å². The zero-order valence-electron chi connectivity index (χ0n) is 8.39. The van der Waals surface area contributed by atoms with Crippen molar-refractivity contribution in [3.05, 3.63) is 0 Å². The molecule has 0 spiro atoms. The number of unbranched alkanes of at least 4 members (excludes halogenated alkanes) is 1. The van der Waals surface area contributed by atoms with Crippen molar-refractivity contribution in [2.75, 3.05) is 5.75 Å². The van der Waals surface area contributed by atoms with Crippen LogP contribution in [0.5, 0.6) is 0 Å². The lowest BCUT2D eigenvalue weighted by atomic mass is 9.82. The fourth-order valence-electron chi connectivity index (χ4n) is 1.20. The molecule has 0 saturated heterocycles. The van der Waals surface area contributed by atoms with Crippen LogP contribution in [-0.4, -0.2) is 11.5 Å². The third-order valence-electron chi connectivity index (χ3n) is 2.25. The largest absolute Gasteiger partial charge is 0.299 e. The van der Waals surface area contributed by atoms with Crippen LogP contribution < -0.4 is 0 Å². The Morgan fingerprint density at radius 3 is 2.42 bits per heavy atom. The van der Waals surface area contributed by atoms with Gasteiger partial charge in [-0.2, -0.15) is 12.6 Å². The molecule has 0 aromatic carbocycles. The first-order valence-corrected chi connectivity index (χ1v) is 5.32. The van der Waals surface area contributed by atoms with Crippen LogP contribution in [0.25, 0.3) is 0 Å². The second-order valence-electron chi connectivity index (χ2n) is 3.88. The van der Waals surface area contributed by atoms with Crippen molar-refractivity contribution in [3.63, 3.8) is 0 Å². The monoisotopic (exact) mass is 188 g/mol. The maximum atomic E-state index is 11.5. The van der Waals surface area contributed by atoms with Gasteiger partial charge in [0.05, 0.1) is 0 Å². The van der Waals surface area contributed by atoms with Gasteiger partial charge in [0.25, 0.3) is 0 Å². The van der Waals surface area contributed by atoms with E-state index in [4.69, 9.17) is 0 Å². The van der Waals surface area contributed by atoms with E-state index in [1.165, 1.54) is 0 Å². The van der Waals surface area contributed by atoms with Crippen LogP contribution in [-0.2, 0) is 4.79 Å². The summed E-state index contributed by atoms with van der Waals surface area (Å²) in [6.07, 6.45) is 3.93. The average Bonchev–Trinajstić information content (AvgIpc) is 2.01. The highest BCUT2D eigenvalue weighted by Crippen LogP contribution is 2.25. The Hall–Kier alpha value is 0.0200. The van der Waals surface area contributed by atoms with Crippen LogP contribution >= 0.6 is 12.6 Å². The first kappa shape index (κ1) is 12.0. The van der Waals surface area contributed by atoms with Crippen LogP contribution in [0.4, 0.5) is 0 Å². The molecule has 0 amide bonds. The van der Waals surface area contributed by atoms with E-state index < -0.39 is 0 Å². The Morgan fingerprint density at radius 1 is 1.42 bits per heavy atom. The molecule has 0 radical (unpaired) electrons. The fourth-order valence-corrected chi connectivity index (χ4v) is 1.40. The summed E-state index contributed by atoms with van der Waals surface area (Å²) in [5, 5.41) is 0. The van der Waals surface area contributed by atoms with Gasteiger partial charge in [0.1, 0.15) is 5.78 Å². The highest BCUT2D eigenvalue weighted by Gasteiger charge is 2.25. The normalized spacial score (nSPS) is 11.7. The minimum absolute atomic E-state index is 0.126. The van der Waals surface area contributed by atoms with Gasteiger partial charge in [-0.1, -0.05) is 33.6 Å². The fraction of sp³-hybridized carbons (Fsp3) is 0.900. The quantitative estimate of drug-likeness (QED) is 0.634. The Bertz CT molecular complexity index is 141. The van der Waals surface area contributed by atoms with Crippen molar-refractivity contribution in [2.24, 2.45) is 5.41 Å². The SMILES string of the molecule is CCCCC(C)(C)C(=O)CCS. The van der Waals surface area contributed by atoms with Gasteiger partial charge < -0.3 is 0 Å². The highest BCUT2D eigenvalue weighted by atomic mass is 32.1. The molecule has 0 aromatic rings. The van der Waals surface area contributed by atoms with Crippen molar-refractivity contribution >= 4 is 18.4 Å². The van der Waals surface area contributed by atoms with Crippen LogP contribution in [0.3, 0.4) is 0 Å². The molecule has 2 heteroatoms. The third-order valence-corrected chi connectivity index (χ3v) is 2.47. The van der Waals surface area contributed by atoms with E-state index in [1.807, 2.05) is 13.8 Å². The number of thiol groups is 1. The van der Waals surface area contributed by atoms with Crippen molar-refractivity contribution < 1.29 is 4.79 Å². The summed E-state index contributed by atoms with van der Waals surface area (Å²) in [5.74, 6) is 1.03. The summed E-state index contributed by atoms with van der Waals surface area (Å²) in [4.78, 5) is 11.5. The zero-order chi connectivity index (χ0) is 9.61. The molecule has 12 heavy (non-hydrogen) atoms. The maximum absolute atomic E-state index is 11.5. The Morgan fingerprint density at radius 2 is 2.00 bits per heavy atom. The van der Waals surface area contributed by atoms with Gasteiger partial charge in [-0.05, 0) is 12.2 Å². The lowest BCUT2D eigenvalue weighted by Gasteiger charge is -2.22. The molecule has 0 aliphatic carbocycles. The van der Waals surface area contributed by atoms with Gasteiger partial charge in [0, 0.05) is 11.8 Å². The molecule has 0 bridgehead atoms. The predicted molar refractivity (Wildman–Crippen MR) is 56.8 cm³/mol. The second-order valence-corrected chi connectivity index (χ2v) is 4.33. The Kier molecular flexibility index (Phi) is 5.64. The van der Waals surface area contributed by atoms with E-state index in [-0.39, 0.29) is 5.41 Å². The molecule has 0 heterocycles. The van der Waals surface area contributed by atoms with E-state index in [0.29, 0.717) is 18.0 Å². The summed E-state index contributed by atoms with van der Waals surface area (Å²) in [5.41, 5.74) is -0.126. The molecule has 0 unspecified atom stereocenters. The standard InChI is InChI=1S/C10H20OS/c1-4-5-7-10(2,3)9(11)6-8-12/h12H,4-8H2,1-3H3. The molecule has 0 aliphatic heterocycles. The van der Waals surface area contributed by atoms with Crippen molar-refractivity contribution in [1.29, 1.82) is 0 Å². The lowest BCUT2D eigenvalue weighted by Crippen LogP contribution is -2.24. The van der Waals surface area contributed by atoms with Crippen LogP contribution in [0.1, 0.15) is 46.5 Å². The number of Topliss-reactive ketones (excluding diaryl/α,β-unsaturated/α-hetero) is 1. The van der Waals surface area contributed by atoms with E-state index >= 15 is 0 Å². The van der Waals surface area contributed by atoms with Crippen LogP contribution in [0.15, 0.2) is 0 Å². The molecule has 0 saturated carbocycles. The molecule has 0 aromatic heterocycles. The molecule has 0 N–H and O–H groups in total. The summed E-state index contributed by atoms with van der Waals surface area (Å²) in [6.45, 7) is 6.22. The van der Waals surface area contributed by atoms with E-state index in [9.17, 15) is 4.79 Å². The third kappa shape index (κ3) is 4.15. The Balaban J connectivity index is 3.90. The number of carbonyl (C=O) groups excluding carboxylic acids is 1. The average molecular weight is 188 g/mol. The Labute approximate surface area is 81.3 Å². The number of hydrogen-bond donors (Lipinski definition) is 1.